The fourth-order valence-electron chi connectivity index (χ4n) is 3.71. The maximum atomic E-state index is 12.7. The van der Waals surface area contributed by atoms with Gasteiger partial charge in [-0.1, -0.05) is 36.4 Å². The zero-order valence-corrected chi connectivity index (χ0v) is 19.7. The van der Waals surface area contributed by atoms with Crippen LogP contribution in [0.3, 0.4) is 0 Å². The van der Waals surface area contributed by atoms with Crippen LogP contribution in [0.1, 0.15) is 40.3 Å². The summed E-state index contributed by atoms with van der Waals surface area (Å²) in [4.78, 5) is 36.9. The molecule has 1 heterocycles. The Morgan fingerprint density at radius 1 is 0.861 bits per heavy atom. The van der Waals surface area contributed by atoms with Crippen LogP contribution in [0.4, 0.5) is 0 Å². The molecule has 0 fully saturated rings. The van der Waals surface area contributed by atoms with Crippen LogP contribution in [-0.4, -0.2) is 36.6 Å². The molecule has 1 aliphatic carbocycles. The van der Waals surface area contributed by atoms with Crippen LogP contribution < -0.4 is 25.8 Å². The molecule has 10 nitrogen and oxygen atoms in total. The van der Waals surface area contributed by atoms with Crippen LogP contribution in [0.2, 0.25) is 0 Å². The van der Waals surface area contributed by atoms with Gasteiger partial charge >= 0.3 is 5.91 Å². The van der Waals surface area contributed by atoms with Crippen LogP contribution in [0.5, 0.6) is 11.5 Å². The molecular weight excluding hydrogens is 464 g/mol. The first-order valence-electron chi connectivity index (χ1n) is 11.4. The largest absolute Gasteiger partial charge is 0.484 e. The summed E-state index contributed by atoms with van der Waals surface area (Å²) in [5.41, 5.74) is 9.04. The molecular formula is C26H26N4O6. The Hall–Kier alpha value is -4.60. The van der Waals surface area contributed by atoms with Crippen molar-refractivity contribution in [3.8, 4) is 11.5 Å². The molecule has 2 aromatic carbocycles. The number of fused-ring (bicyclic) bond motifs is 1. The second-order valence-corrected chi connectivity index (χ2v) is 8.01. The molecule has 10 heteroatoms. The van der Waals surface area contributed by atoms with E-state index in [1.54, 1.807) is 43.3 Å². The van der Waals surface area contributed by atoms with Crippen molar-refractivity contribution < 1.29 is 28.3 Å². The lowest BCUT2D eigenvalue weighted by atomic mass is 9.93. The van der Waals surface area contributed by atoms with Crippen molar-refractivity contribution in [3.63, 3.8) is 0 Å². The van der Waals surface area contributed by atoms with E-state index in [1.807, 2.05) is 24.3 Å². The number of hydrogen-bond acceptors (Lipinski definition) is 7. The van der Waals surface area contributed by atoms with Crippen molar-refractivity contribution in [1.82, 2.24) is 16.3 Å². The number of hydrazone groups is 1. The lowest BCUT2D eigenvalue weighted by molar-refractivity contribution is -0.124. The Morgan fingerprint density at radius 2 is 1.47 bits per heavy atom. The second kappa shape index (κ2) is 11.7. The highest BCUT2D eigenvalue weighted by Gasteiger charge is 2.28. The van der Waals surface area contributed by atoms with Crippen LogP contribution in [-0.2, 0) is 16.0 Å². The van der Waals surface area contributed by atoms with Gasteiger partial charge in [0.1, 0.15) is 17.3 Å². The molecule has 0 saturated carbocycles. The van der Waals surface area contributed by atoms with Gasteiger partial charge in [0.2, 0.25) is 0 Å². The number of para-hydroxylation sites is 2. The number of aryl methyl sites for hydroxylation is 1. The molecule has 36 heavy (non-hydrogen) atoms. The normalized spacial score (nSPS) is 13.4. The number of nitrogens with zero attached hydrogens (tertiary/aromatic N) is 1. The molecule has 3 aromatic rings. The molecule has 0 saturated heterocycles. The Kier molecular flexibility index (Phi) is 7.97. The maximum Gasteiger partial charge on any atom is 0.305 e. The van der Waals surface area contributed by atoms with Crippen LogP contribution in [0.15, 0.2) is 70.2 Å². The summed E-state index contributed by atoms with van der Waals surface area (Å²) in [5, 5.41) is 4.26. The molecule has 0 aliphatic heterocycles. The fourth-order valence-corrected chi connectivity index (χ4v) is 3.71. The number of amides is 3. The summed E-state index contributed by atoms with van der Waals surface area (Å²) in [6.45, 7) is 1.29. The van der Waals surface area contributed by atoms with E-state index in [0.717, 1.165) is 6.42 Å². The van der Waals surface area contributed by atoms with E-state index in [-0.39, 0.29) is 19.0 Å². The van der Waals surface area contributed by atoms with Gasteiger partial charge in [0.25, 0.3) is 11.8 Å². The van der Waals surface area contributed by atoms with Gasteiger partial charge in [-0.15, -0.1) is 0 Å². The first kappa shape index (κ1) is 24.5. The Balaban J connectivity index is 1.33. The van der Waals surface area contributed by atoms with E-state index in [0.29, 0.717) is 46.9 Å². The number of furan rings is 1. The third-order valence-corrected chi connectivity index (χ3v) is 5.39. The lowest BCUT2D eigenvalue weighted by Gasteiger charge is -2.13. The van der Waals surface area contributed by atoms with Crippen molar-refractivity contribution in [2.24, 2.45) is 5.10 Å². The average molecular weight is 491 g/mol. The molecule has 0 radical (unpaired) electrons. The number of hydrazine groups is 1. The third-order valence-electron chi connectivity index (χ3n) is 5.39. The predicted molar refractivity (Wildman–Crippen MR) is 131 cm³/mol. The van der Waals surface area contributed by atoms with Crippen LogP contribution >= 0.6 is 0 Å². The van der Waals surface area contributed by atoms with Crippen molar-refractivity contribution >= 4 is 23.4 Å². The molecule has 4 rings (SSSR count). The van der Waals surface area contributed by atoms with E-state index in [9.17, 15) is 14.4 Å². The summed E-state index contributed by atoms with van der Waals surface area (Å²) in [5.74, 6) is 0.268. The fraction of sp³-hybridized carbons (Fsp3) is 0.231. The Morgan fingerprint density at radius 3 is 2.11 bits per heavy atom. The van der Waals surface area contributed by atoms with Gasteiger partial charge in [-0.2, -0.15) is 5.10 Å². The van der Waals surface area contributed by atoms with Crippen molar-refractivity contribution in [2.75, 3.05) is 13.2 Å². The van der Waals surface area contributed by atoms with Gasteiger partial charge in [0.15, 0.2) is 19.0 Å². The summed E-state index contributed by atoms with van der Waals surface area (Å²) in [6, 6.07) is 17.9. The highest BCUT2D eigenvalue weighted by atomic mass is 16.5. The number of ether oxygens (including phenoxy) is 2. The summed E-state index contributed by atoms with van der Waals surface area (Å²) < 4.78 is 16.6. The molecule has 1 aromatic heterocycles. The highest BCUT2D eigenvalue weighted by molar-refractivity contribution is 6.06. The smallest absolute Gasteiger partial charge is 0.305 e. The number of carbonyl (C=O) groups excluding carboxylic acids is 3. The number of carbonyl (C=O) groups is 3. The zero-order valence-electron chi connectivity index (χ0n) is 19.7. The number of nitrogens with one attached hydrogen (secondary N) is 3. The number of hydrogen-bond donors (Lipinski definition) is 3. The lowest BCUT2D eigenvalue weighted by Crippen LogP contribution is -2.43. The van der Waals surface area contributed by atoms with E-state index in [1.165, 1.54) is 0 Å². The van der Waals surface area contributed by atoms with Gasteiger partial charge < -0.3 is 13.9 Å². The molecule has 0 atom stereocenters. The molecule has 0 spiro atoms. The minimum atomic E-state index is -0.602. The Labute approximate surface area is 207 Å². The van der Waals surface area contributed by atoms with Crippen LogP contribution in [0, 0.1) is 6.92 Å². The van der Waals surface area contributed by atoms with E-state index in [2.05, 4.69) is 21.4 Å². The summed E-state index contributed by atoms with van der Waals surface area (Å²) >= 11 is 0. The van der Waals surface area contributed by atoms with E-state index in [4.69, 9.17) is 13.9 Å². The van der Waals surface area contributed by atoms with Gasteiger partial charge in [-0.3, -0.25) is 25.2 Å². The first-order chi connectivity index (χ1) is 17.5. The monoisotopic (exact) mass is 490 g/mol. The Bertz CT molecular complexity index is 1250. The minimum absolute atomic E-state index is 0.0672. The third kappa shape index (κ3) is 6.29. The number of benzene rings is 2. The molecule has 186 valence electrons. The topological polar surface area (TPSA) is 131 Å². The molecule has 3 amide bonds. The number of rotatable bonds is 8. The zero-order chi connectivity index (χ0) is 25.3. The van der Waals surface area contributed by atoms with Gasteiger partial charge in [-0.25, -0.2) is 5.43 Å². The summed E-state index contributed by atoms with van der Waals surface area (Å²) in [6.07, 6.45) is 2.00. The standard InChI is InChI=1S/C26H26N4O6/c1-17-24-20(27-28-22(31)15-34-18-9-4-2-5-10-18)13-8-14-21(24)36-25(17)26(33)30-29-23(32)16-35-19-11-6-3-7-12-19/h2-7,9-12H,8,13-16H2,1H3,(H,28,31)(H,29,32)(H,30,33)/b27-20+. The van der Waals surface area contributed by atoms with Gasteiger partial charge in [-0.05, 0) is 44.0 Å². The van der Waals surface area contributed by atoms with Crippen LogP contribution in [0.25, 0.3) is 0 Å². The molecule has 3 N–H and O–H groups in total. The predicted octanol–water partition coefficient (Wildman–Crippen LogP) is 2.66. The second-order valence-electron chi connectivity index (χ2n) is 8.01. The van der Waals surface area contributed by atoms with Crippen molar-refractivity contribution in [1.29, 1.82) is 0 Å². The quantitative estimate of drug-likeness (QED) is 0.416. The van der Waals surface area contributed by atoms with Gasteiger partial charge in [0, 0.05) is 17.5 Å². The van der Waals surface area contributed by atoms with Gasteiger partial charge in [0.05, 0.1) is 5.71 Å². The maximum absolute atomic E-state index is 12.7. The molecule has 0 unspecified atom stereocenters. The first-order valence-corrected chi connectivity index (χ1v) is 11.4. The molecule has 1 aliphatic rings. The highest BCUT2D eigenvalue weighted by Crippen LogP contribution is 2.29. The summed E-state index contributed by atoms with van der Waals surface area (Å²) in [7, 11) is 0. The minimum Gasteiger partial charge on any atom is -0.484 e. The molecule has 0 bridgehead atoms. The van der Waals surface area contributed by atoms with Crippen molar-refractivity contribution in [3.05, 3.63) is 83.3 Å². The average Bonchev–Trinajstić information content (AvgIpc) is 3.26. The van der Waals surface area contributed by atoms with Crippen molar-refractivity contribution in [2.45, 2.75) is 26.2 Å². The SMILES string of the molecule is Cc1c(C(=O)NNC(=O)COc2ccccc2)oc2c1/C(=N/NC(=O)COc1ccccc1)CCC2. The van der Waals surface area contributed by atoms with E-state index >= 15 is 0 Å². The van der Waals surface area contributed by atoms with E-state index < -0.39 is 17.7 Å².